The van der Waals surface area contributed by atoms with Gasteiger partial charge in [0.15, 0.2) is 6.29 Å². The first-order valence-corrected chi connectivity index (χ1v) is 6.32. The maximum atomic E-state index is 10.8. The van der Waals surface area contributed by atoms with Gasteiger partial charge in [0.1, 0.15) is 0 Å². The van der Waals surface area contributed by atoms with Crippen LogP contribution in [-0.2, 0) is 4.79 Å². The minimum absolute atomic E-state index is 0.496. The Labute approximate surface area is 115 Å². The maximum Gasteiger partial charge on any atom is 0.158 e. The van der Waals surface area contributed by atoms with Gasteiger partial charge in [-0.3, -0.25) is 4.79 Å². The predicted molar refractivity (Wildman–Crippen MR) is 78.1 cm³/mol. The topological polar surface area (TPSA) is 20.3 Å². The van der Waals surface area contributed by atoms with Gasteiger partial charge in [0.2, 0.25) is 0 Å². The average molecular weight is 302 g/mol. The molecular formula is C15H12BrNO. The number of rotatable bonds is 4. The normalized spacial score (nSPS) is 11.1. The monoisotopic (exact) mass is 301 g/mol. The first-order valence-electron chi connectivity index (χ1n) is 5.53. The van der Waals surface area contributed by atoms with Gasteiger partial charge in [0, 0.05) is 17.6 Å². The van der Waals surface area contributed by atoms with Crippen molar-refractivity contribution in [3.8, 4) is 0 Å². The van der Waals surface area contributed by atoms with Gasteiger partial charge in [-0.15, -0.1) is 0 Å². The Kier molecular flexibility index (Phi) is 4.31. The van der Waals surface area contributed by atoms with Crippen LogP contribution in [0.5, 0.6) is 0 Å². The number of para-hydroxylation sites is 2. The molecule has 0 amide bonds. The number of halogens is 1. The molecule has 0 bridgehead atoms. The molecule has 2 aromatic rings. The molecule has 0 saturated carbocycles. The van der Waals surface area contributed by atoms with E-state index in [2.05, 4.69) is 15.9 Å². The lowest BCUT2D eigenvalue weighted by atomic mass is 10.2. The van der Waals surface area contributed by atoms with E-state index in [1.807, 2.05) is 65.6 Å². The Morgan fingerprint density at radius 1 is 0.889 bits per heavy atom. The van der Waals surface area contributed by atoms with E-state index >= 15 is 0 Å². The fourth-order valence-corrected chi connectivity index (χ4v) is 1.83. The molecule has 0 N–H and O–H groups in total. The van der Waals surface area contributed by atoms with Crippen molar-refractivity contribution < 1.29 is 4.79 Å². The third-order valence-corrected chi connectivity index (χ3v) is 2.83. The highest BCUT2D eigenvalue weighted by molar-refractivity contribution is 9.12. The number of aldehydes is 1. The predicted octanol–water partition coefficient (Wildman–Crippen LogP) is 4.26. The number of carbonyl (C=O) groups is 1. The van der Waals surface area contributed by atoms with E-state index < -0.39 is 0 Å². The van der Waals surface area contributed by atoms with Gasteiger partial charge in [-0.25, -0.2) is 0 Å². The Morgan fingerprint density at radius 2 is 1.33 bits per heavy atom. The molecule has 18 heavy (non-hydrogen) atoms. The van der Waals surface area contributed by atoms with Crippen molar-refractivity contribution in [1.82, 2.24) is 0 Å². The van der Waals surface area contributed by atoms with Gasteiger partial charge in [0.05, 0.1) is 4.48 Å². The standard InChI is InChI=1S/C15H12BrNO/c16-13(12-18)11-17(14-7-3-1-4-8-14)15-9-5-2-6-10-15/h1-12H/b13-11-. The summed E-state index contributed by atoms with van der Waals surface area (Å²) in [6.45, 7) is 0. The van der Waals surface area contributed by atoms with Crippen molar-refractivity contribution in [2.45, 2.75) is 0 Å². The van der Waals surface area contributed by atoms with E-state index in [-0.39, 0.29) is 0 Å². The van der Waals surface area contributed by atoms with Crippen molar-refractivity contribution in [3.05, 3.63) is 71.3 Å². The van der Waals surface area contributed by atoms with Crippen LogP contribution in [0.25, 0.3) is 0 Å². The molecule has 2 aromatic carbocycles. The molecule has 90 valence electrons. The first-order chi connectivity index (χ1) is 8.81. The lowest BCUT2D eigenvalue weighted by Crippen LogP contribution is -2.08. The molecule has 2 rings (SSSR count). The molecular weight excluding hydrogens is 290 g/mol. The summed E-state index contributed by atoms with van der Waals surface area (Å²) < 4.78 is 0.496. The van der Waals surface area contributed by atoms with Gasteiger partial charge in [-0.1, -0.05) is 36.4 Å². The maximum absolute atomic E-state index is 10.8. The van der Waals surface area contributed by atoms with E-state index in [9.17, 15) is 4.79 Å². The van der Waals surface area contributed by atoms with Gasteiger partial charge >= 0.3 is 0 Å². The minimum atomic E-state index is 0.496. The van der Waals surface area contributed by atoms with Gasteiger partial charge in [-0.2, -0.15) is 0 Å². The number of anilines is 2. The molecule has 0 aliphatic rings. The van der Waals surface area contributed by atoms with Crippen LogP contribution in [0, 0.1) is 0 Å². The van der Waals surface area contributed by atoms with E-state index in [0.29, 0.717) is 4.48 Å². The summed E-state index contributed by atoms with van der Waals surface area (Å²) in [5, 5.41) is 0. The zero-order valence-corrected chi connectivity index (χ0v) is 11.2. The van der Waals surface area contributed by atoms with Crippen LogP contribution in [0.2, 0.25) is 0 Å². The van der Waals surface area contributed by atoms with E-state index in [0.717, 1.165) is 17.7 Å². The number of carbonyl (C=O) groups excluding carboxylic acids is 1. The molecule has 2 nitrogen and oxygen atoms in total. The summed E-state index contributed by atoms with van der Waals surface area (Å²) in [5.41, 5.74) is 2.00. The van der Waals surface area contributed by atoms with Crippen LogP contribution >= 0.6 is 15.9 Å². The second kappa shape index (κ2) is 6.17. The summed E-state index contributed by atoms with van der Waals surface area (Å²) in [7, 11) is 0. The second-order valence-corrected chi connectivity index (χ2v) is 4.59. The number of allylic oxidation sites excluding steroid dienone is 1. The summed E-state index contributed by atoms with van der Waals surface area (Å²) in [4.78, 5) is 12.7. The third-order valence-electron chi connectivity index (χ3n) is 2.43. The minimum Gasteiger partial charge on any atom is -0.316 e. The van der Waals surface area contributed by atoms with Crippen molar-refractivity contribution in [3.63, 3.8) is 0 Å². The third kappa shape index (κ3) is 3.08. The summed E-state index contributed by atoms with van der Waals surface area (Å²) in [6, 6.07) is 19.8. The van der Waals surface area contributed by atoms with Crippen LogP contribution in [-0.4, -0.2) is 6.29 Å². The highest BCUT2D eigenvalue weighted by Gasteiger charge is 2.06. The molecule has 0 aliphatic heterocycles. The Hall–Kier alpha value is -1.87. The number of hydrogen-bond donors (Lipinski definition) is 0. The molecule has 3 heteroatoms. The number of benzene rings is 2. The lowest BCUT2D eigenvalue weighted by Gasteiger charge is -2.20. The first kappa shape index (κ1) is 12.6. The van der Waals surface area contributed by atoms with Crippen molar-refractivity contribution in [2.24, 2.45) is 0 Å². The van der Waals surface area contributed by atoms with Gasteiger partial charge in [0.25, 0.3) is 0 Å². The number of nitrogens with zero attached hydrogens (tertiary/aromatic N) is 1. The Morgan fingerprint density at radius 3 is 1.72 bits per heavy atom. The molecule has 0 aromatic heterocycles. The quantitative estimate of drug-likeness (QED) is 0.621. The molecule has 0 atom stereocenters. The largest absolute Gasteiger partial charge is 0.316 e. The highest BCUT2D eigenvalue weighted by atomic mass is 79.9. The molecule has 0 spiro atoms. The summed E-state index contributed by atoms with van der Waals surface area (Å²) in [6.07, 6.45) is 2.54. The van der Waals surface area contributed by atoms with Gasteiger partial charge < -0.3 is 4.90 Å². The van der Waals surface area contributed by atoms with E-state index in [1.54, 1.807) is 6.20 Å². The fourth-order valence-electron chi connectivity index (χ4n) is 1.63. The van der Waals surface area contributed by atoms with Crippen molar-refractivity contribution >= 4 is 33.6 Å². The summed E-state index contributed by atoms with van der Waals surface area (Å²) in [5.74, 6) is 0. The fraction of sp³-hybridized carbons (Fsp3) is 0. The molecule has 0 aliphatic carbocycles. The van der Waals surface area contributed by atoms with Crippen LogP contribution in [0.3, 0.4) is 0 Å². The zero-order chi connectivity index (χ0) is 12.8. The molecule has 0 heterocycles. The zero-order valence-electron chi connectivity index (χ0n) is 9.66. The molecule has 0 saturated heterocycles. The molecule has 0 unspecified atom stereocenters. The lowest BCUT2D eigenvalue weighted by molar-refractivity contribution is -0.104. The highest BCUT2D eigenvalue weighted by Crippen LogP contribution is 2.26. The van der Waals surface area contributed by atoms with E-state index in [4.69, 9.17) is 0 Å². The van der Waals surface area contributed by atoms with Crippen LogP contribution < -0.4 is 4.90 Å². The van der Waals surface area contributed by atoms with E-state index in [1.165, 1.54) is 0 Å². The molecule has 0 fully saturated rings. The molecule has 0 radical (unpaired) electrons. The summed E-state index contributed by atoms with van der Waals surface area (Å²) >= 11 is 3.22. The second-order valence-electron chi connectivity index (χ2n) is 3.67. The SMILES string of the molecule is O=C/C(Br)=C/N(c1ccccc1)c1ccccc1. The van der Waals surface area contributed by atoms with Crippen LogP contribution in [0.1, 0.15) is 0 Å². The Bertz CT molecular complexity index is 497. The Balaban J connectivity index is 2.45. The van der Waals surface area contributed by atoms with Crippen molar-refractivity contribution in [2.75, 3.05) is 4.90 Å². The number of hydrogen-bond acceptors (Lipinski definition) is 2. The van der Waals surface area contributed by atoms with Crippen LogP contribution in [0.15, 0.2) is 71.3 Å². The van der Waals surface area contributed by atoms with Crippen molar-refractivity contribution in [1.29, 1.82) is 0 Å². The van der Waals surface area contributed by atoms with Crippen LogP contribution in [0.4, 0.5) is 11.4 Å². The smallest absolute Gasteiger partial charge is 0.158 e. The van der Waals surface area contributed by atoms with Gasteiger partial charge in [-0.05, 0) is 40.2 Å². The average Bonchev–Trinajstić information content (AvgIpc) is 2.46.